The molecule has 3 aromatic rings. The van der Waals surface area contributed by atoms with Crippen molar-refractivity contribution in [1.82, 2.24) is 20.0 Å². The van der Waals surface area contributed by atoms with Crippen LogP contribution in [0.4, 0.5) is 0 Å². The second-order valence-corrected chi connectivity index (χ2v) is 8.87. The highest BCUT2D eigenvalue weighted by Gasteiger charge is 2.32. The summed E-state index contributed by atoms with van der Waals surface area (Å²) in [6, 6.07) is 18.1. The molecule has 1 aliphatic rings. The fourth-order valence-electron chi connectivity index (χ4n) is 4.63. The van der Waals surface area contributed by atoms with Gasteiger partial charge in [-0.1, -0.05) is 48.5 Å². The molecule has 6 heteroatoms. The summed E-state index contributed by atoms with van der Waals surface area (Å²) in [5.74, 6) is -0.0409. The Labute approximate surface area is 195 Å². The summed E-state index contributed by atoms with van der Waals surface area (Å²) in [5, 5.41) is 7.41. The molecular weight excluding hydrogens is 412 g/mol. The number of rotatable bonds is 7. The largest absolute Gasteiger partial charge is 0.353 e. The van der Waals surface area contributed by atoms with Gasteiger partial charge in [0.2, 0.25) is 11.8 Å². The van der Waals surface area contributed by atoms with Crippen LogP contribution in [0.5, 0.6) is 0 Å². The molecule has 0 bridgehead atoms. The summed E-state index contributed by atoms with van der Waals surface area (Å²) >= 11 is 0. The van der Waals surface area contributed by atoms with Gasteiger partial charge in [-0.25, -0.2) is 0 Å². The molecule has 0 aliphatic carbocycles. The number of aryl methyl sites for hydroxylation is 4. The first-order chi connectivity index (χ1) is 15.9. The minimum Gasteiger partial charge on any atom is -0.353 e. The standard InChI is InChI=1S/C27H32N4O2/c1-19-8-4-5-11-24(19)23-10-6-9-22(17-23)18-25-27(33)28-13-15-30(25)26(32)12-7-14-31-21(3)16-20(2)29-31/h4-6,8-11,16-17,25H,7,12-15,18H2,1-3H3,(H,28,33). The SMILES string of the molecule is Cc1cc(C)n(CCCC(=O)N2CCNC(=O)C2Cc2cccc(-c3ccccc3C)c2)n1. The second kappa shape index (κ2) is 10.0. The molecule has 6 nitrogen and oxygen atoms in total. The molecule has 1 saturated heterocycles. The van der Waals surface area contributed by atoms with Gasteiger partial charge in [0, 0.05) is 38.2 Å². The molecule has 33 heavy (non-hydrogen) atoms. The zero-order valence-electron chi connectivity index (χ0n) is 19.7. The molecule has 1 aliphatic heterocycles. The second-order valence-electron chi connectivity index (χ2n) is 8.87. The number of aromatic nitrogens is 2. The van der Waals surface area contributed by atoms with Crippen LogP contribution in [-0.4, -0.2) is 45.6 Å². The van der Waals surface area contributed by atoms with Crippen LogP contribution in [0.1, 0.15) is 35.4 Å². The lowest BCUT2D eigenvalue weighted by molar-refractivity contribution is -0.143. The van der Waals surface area contributed by atoms with E-state index in [9.17, 15) is 9.59 Å². The molecule has 1 unspecified atom stereocenters. The molecule has 2 amide bonds. The van der Waals surface area contributed by atoms with E-state index in [1.54, 1.807) is 4.90 Å². The number of carbonyl (C=O) groups excluding carboxylic acids is 2. The lowest BCUT2D eigenvalue weighted by Gasteiger charge is -2.35. The summed E-state index contributed by atoms with van der Waals surface area (Å²) in [5.41, 5.74) is 6.67. The normalized spacial score (nSPS) is 16.0. The summed E-state index contributed by atoms with van der Waals surface area (Å²) in [7, 11) is 0. The summed E-state index contributed by atoms with van der Waals surface area (Å²) in [6.45, 7) is 7.85. The molecule has 2 heterocycles. The zero-order chi connectivity index (χ0) is 23.4. The van der Waals surface area contributed by atoms with E-state index in [4.69, 9.17) is 0 Å². The van der Waals surface area contributed by atoms with Crippen molar-refractivity contribution in [1.29, 1.82) is 0 Å². The molecule has 4 rings (SSSR count). The van der Waals surface area contributed by atoms with Gasteiger partial charge in [0.05, 0.1) is 5.69 Å². The maximum atomic E-state index is 13.1. The molecular formula is C27H32N4O2. The van der Waals surface area contributed by atoms with E-state index in [1.807, 2.05) is 48.9 Å². The topological polar surface area (TPSA) is 67.2 Å². The van der Waals surface area contributed by atoms with Gasteiger partial charge in [0.15, 0.2) is 0 Å². The van der Waals surface area contributed by atoms with Crippen molar-refractivity contribution in [3.63, 3.8) is 0 Å². The molecule has 172 valence electrons. The summed E-state index contributed by atoms with van der Waals surface area (Å²) in [6.07, 6.45) is 1.62. The van der Waals surface area contributed by atoms with Gasteiger partial charge in [-0.15, -0.1) is 0 Å². The Morgan fingerprint density at radius 1 is 1.09 bits per heavy atom. The highest BCUT2D eigenvalue weighted by atomic mass is 16.2. The predicted molar refractivity (Wildman–Crippen MR) is 130 cm³/mol. The van der Waals surface area contributed by atoms with Crippen molar-refractivity contribution in [3.8, 4) is 11.1 Å². The molecule has 0 saturated carbocycles. The number of amides is 2. The van der Waals surface area contributed by atoms with Crippen LogP contribution in [0.25, 0.3) is 11.1 Å². The quantitative estimate of drug-likeness (QED) is 0.602. The average molecular weight is 445 g/mol. The monoisotopic (exact) mass is 444 g/mol. The summed E-state index contributed by atoms with van der Waals surface area (Å²) < 4.78 is 1.94. The van der Waals surface area contributed by atoms with Crippen LogP contribution in [0.2, 0.25) is 0 Å². The van der Waals surface area contributed by atoms with Crippen molar-refractivity contribution in [2.24, 2.45) is 0 Å². The highest BCUT2D eigenvalue weighted by Crippen LogP contribution is 2.25. The van der Waals surface area contributed by atoms with Crippen molar-refractivity contribution < 1.29 is 9.59 Å². The van der Waals surface area contributed by atoms with Gasteiger partial charge >= 0.3 is 0 Å². The first-order valence-corrected chi connectivity index (χ1v) is 11.7. The van der Waals surface area contributed by atoms with Gasteiger partial charge < -0.3 is 10.2 Å². The van der Waals surface area contributed by atoms with Crippen molar-refractivity contribution in [2.45, 2.75) is 52.6 Å². The molecule has 0 radical (unpaired) electrons. The Morgan fingerprint density at radius 2 is 1.91 bits per heavy atom. The molecule has 1 N–H and O–H groups in total. The third-order valence-electron chi connectivity index (χ3n) is 6.33. The molecule has 2 aromatic carbocycles. The van der Waals surface area contributed by atoms with Crippen molar-refractivity contribution in [3.05, 3.63) is 77.1 Å². The minimum absolute atomic E-state index is 0.0337. The van der Waals surface area contributed by atoms with Gasteiger partial charge in [-0.2, -0.15) is 5.10 Å². The van der Waals surface area contributed by atoms with Crippen LogP contribution >= 0.6 is 0 Å². The minimum atomic E-state index is -0.480. The number of hydrogen-bond acceptors (Lipinski definition) is 3. The maximum absolute atomic E-state index is 13.1. The lowest BCUT2D eigenvalue weighted by Crippen LogP contribution is -2.58. The Balaban J connectivity index is 1.44. The zero-order valence-corrected chi connectivity index (χ0v) is 19.7. The molecule has 1 aromatic heterocycles. The van der Waals surface area contributed by atoms with Crippen LogP contribution in [-0.2, 0) is 22.6 Å². The van der Waals surface area contributed by atoms with E-state index in [0.29, 0.717) is 38.9 Å². The van der Waals surface area contributed by atoms with E-state index in [0.717, 1.165) is 22.5 Å². The Kier molecular flexibility index (Phi) is 6.92. The third kappa shape index (κ3) is 5.33. The van der Waals surface area contributed by atoms with Crippen molar-refractivity contribution >= 4 is 11.8 Å². The number of hydrogen-bond donors (Lipinski definition) is 1. The van der Waals surface area contributed by atoms with Gasteiger partial charge in [0.1, 0.15) is 6.04 Å². The maximum Gasteiger partial charge on any atom is 0.243 e. The lowest BCUT2D eigenvalue weighted by atomic mass is 9.95. The number of nitrogens with zero attached hydrogens (tertiary/aromatic N) is 3. The first-order valence-electron chi connectivity index (χ1n) is 11.7. The van der Waals surface area contributed by atoms with Crippen LogP contribution in [0, 0.1) is 20.8 Å². The number of nitrogens with one attached hydrogen (secondary N) is 1. The van der Waals surface area contributed by atoms with Gasteiger partial charge in [-0.3, -0.25) is 14.3 Å². The molecule has 1 fully saturated rings. The highest BCUT2D eigenvalue weighted by molar-refractivity contribution is 5.89. The summed E-state index contributed by atoms with van der Waals surface area (Å²) in [4.78, 5) is 27.6. The Bertz CT molecular complexity index is 1150. The number of benzene rings is 2. The fraction of sp³-hybridized carbons (Fsp3) is 0.370. The van der Waals surface area contributed by atoms with E-state index in [1.165, 1.54) is 11.1 Å². The third-order valence-corrected chi connectivity index (χ3v) is 6.33. The van der Waals surface area contributed by atoms with Gasteiger partial charge in [0.25, 0.3) is 0 Å². The van der Waals surface area contributed by atoms with Gasteiger partial charge in [-0.05, 0) is 55.5 Å². The molecule has 0 spiro atoms. The first kappa shape index (κ1) is 22.8. The van der Waals surface area contributed by atoms with E-state index in [-0.39, 0.29) is 11.8 Å². The van der Waals surface area contributed by atoms with Crippen LogP contribution in [0.15, 0.2) is 54.6 Å². The van der Waals surface area contributed by atoms with Crippen molar-refractivity contribution in [2.75, 3.05) is 13.1 Å². The Morgan fingerprint density at radius 3 is 2.67 bits per heavy atom. The predicted octanol–water partition coefficient (Wildman–Crippen LogP) is 3.83. The average Bonchev–Trinajstić information content (AvgIpc) is 3.12. The van der Waals surface area contributed by atoms with E-state index in [2.05, 4.69) is 41.6 Å². The van der Waals surface area contributed by atoms with Crippen LogP contribution < -0.4 is 5.32 Å². The number of piperazine rings is 1. The van der Waals surface area contributed by atoms with Crippen LogP contribution in [0.3, 0.4) is 0 Å². The van der Waals surface area contributed by atoms with E-state index < -0.39 is 6.04 Å². The Hall–Kier alpha value is -3.41. The number of carbonyl (C=O) groups is 2. The van der Waals surface area contributed by atoms with E-state index >= 15 is 0 Å². The smallest absolute Gasteiger partial charge is 0.243 e. The molecule has 1 atom stereocenters. The fourth-order valence-corrected chi connectivity index (χ4v) is 4.63.